The summed E-state index contributed by atoms with van der Waals surface area (Å²) in [5, 5.41) is 2.62. The molecule has 0 bridgehead atoms. The van der Waals surface area contributed by atoms with Crippen LogP contribution < -0.4 is 21.1 Å². The van der Waals surface area contributed by atoms with E-state index in [1.165, 1.54) is 0 Å². The van der Waals surface area contributed by atoms with Crippen LogP contribution >= 0.6 is 23.1 Å². The van der Waals surface area contributed by atoms with Crippen LogP contribution in [0.5, 0.6) is 0 Å². The molecule has 2 heterocycles. The molecule has 0 radical (unpaired) electrons. The Morgan fingerprint density at radius 1 is 0.673 bits per heavy atom. The highest BCUT2D eigenvalue weighted by Gasteiger charge is 2.31. The molecule has 6 nitrogen and oxygen atoms in total. The average molecular weight is 689 g/mol. The summed E-state index contributed by atoms with van der Waals surface area (Å²) in [4.78, 5) is 33.4. The number of rotatable bonds is 5. The molecule has 240 valence electrons. The average Bonchev–Trinajstić information content (AvgIpc) is 3.79. The van der Waals surface area contributed by atoms with Crippen molar-refractivity contribution in [3.63, 3.8) is 0 Å². The molecule has 0 saturated carbocycles. The molecule has 8 rings (SSSR count). The molecule has 0 saturated heterocycles. The number of hydrogen-bond donors (Lipinski definition) is 0. The number of anilines is 3. The summed E-state index contributed by atoms with van der Waals surface area (Å²) in [6, 6.07) is 31.2. The Morgan fingerprint density at radius 2 is 1.31 bits per heavy atom. The number of aromatic nitrogens is 2. The smallest absolute Gasteiger partial charge is 0.301 e. The third-order valence-corrected chi connectivity index (χ3v) is 10.3. The van der Waals surface area contributed by atoms with Gasteiger partial charge in [0.2, 0.25) is 5.43 Å². The highest BCUT2D eigenvalue weighted by Crippen LogP contribution is 2.50. The molecule has 0 aliphatic carbocycles. The second kappa shape index (κ2) is 11.6. The quantitative estimate of drug-likeness (QED) is 0.168. The Morgan fingerprint density at radius 3 is 1.96 bits per heavy atom. The van der Waals surface area contributed by atoms with Gasteiger partial charge in [-0.1, -0.05) is 65.7 Å². The molecule has 0 atom stereocenters. The Kier molecular flexibility index (Phi) is 7.27. The van der Waals surface area contributed by atoms with Crippen molar-refractivity contribution in [1.82, 2.24) is 8.75 Å². The van der Waals surface area contributed by atoms with Crippen LogP contribution in [0.4, 0.5) is 35.2 Å². The predicted octanol–water partition coefficient (Wildman–Crippen LogP) is 9.66. The van der Waals surface area contributed by atoms with Gasteiger partial charge in [0.25, 0.3) is 5.43 Å². The lowest BCUT2D eigenvalue weighted by atomic mass is 10.1. The molecule has 11 heteroatoms. The van der Waals surface area contributed by atoms with Gasteiger partial charge in [0.05, 0.1) is 23.0 Å². The van der Waals surface area contributed by atoms with Crippen LogP contribution in [0.25, 0.3) is 43.0 Å². The van der Waals surface area contributed by atoms with Gasteiger partial charge in [0.15, 0.2) is 0 Å². The molecule has 0 aliphatic rings. The van der Waals surface area contributed by atoms with E-state index in [0.29, 0.717) is 22.8 Å². The second-order valence-electron chi connectivity index (χ2n) is 11.8. The summed E-state index contributed by atoms with van der Waals surface area (Å²) >= 11 is 2.61. The molecular weight excluding hydrogens is 666 g/mol. The van der Waals surface area contributed by atoms with Gasteiger partial charge >= 0.3 is 6.18 Å². The van der Waals surface area contributed by atoms with Crippen molar-refractivity contribution in [2.75, 3.05) is 4.90 Å². The van der Waals surface area contributed by atoms with Crippen LogP contribution in [-0.2, 0) is 6.18 Å². The second-order valence-corrected chi connectivity index (χ2v) is 13.3. The van der Waals surface area contributed by atoms with E-state index < -0.39 is 22.6 Å². The fourth-order valence-electron chi connectivity index (χ4n) is 6.04. The third-order valence-electron chi connectivity index (χ3n) is 8.53. The van der Waals surface area contributed by atoms with Crippen molar-refractivity contribution in [3.05, 3.63) is 146 Å². The Hall–Kier alpha value is -5.52. The minimum absolute atomic E-state index is 0.0598. The fraction of sp³-hybridized carbons (Fsp3) is 0.0789. The molecule has 2 aromatic heterocycles. The van der Waals surface area contributed by atoms with Crippen LogP contribution in [0.15, 0.2) is 118 Å². The lowest BCUT2D eigenvalue weighted by Gasteiger charge is -2.24. The lowest BCUT2D eigenvalue weighted by Crippen LogP contribution is -2.30. The number of nitrogens with zero attached hydrogens (tertiary/aromatic N) is 4. The van der Waals surface area contributed by atoms with Crippen molar-refractivity contribution < 1.29 is 13.2 Å². The summed E-state index contributed by atoms with van der Waals surface area (Å²) in [6.07, 6.45) is -4.66. The van der Waals surface area contributed by atoms with Gasteiger partial charge in [-0.15, -0.1) is 11.3 Å². The Balaban J connectivity index is 1.31. The van der Waals surface area contributed by atoms with Crippen molar-refractivity contribution in [2.45, 2.75) is 20.0 Å². The van der Waals surface area contributed by atoms with Gasteiger partial charge in [-0.05, 0) is 62.4 Å². The van der Waals surface area contributed by atoms with Crippen molar-refractivity contribution in [3.8, 4) is 10.4 Å². The minimum atomic E-state index is -4.66. The first-order chi connectivity index (χ1) is 23.6. The number of fused-ring (bicyclic) bond motifs is 3. The van der Waals surface area contributed by atoms with Gasteiger partial charge in [-0.3, -0.25) is 9.59 Å². The maximum atomic E-state index is 13.3. The normalized spacial score (nSPS) is 12.5. The summed E-state index contributed by atoms with van der Waals surface area (Å²) < 4.78 is 49.2. The highest BCUT2D eigenvalue weighted by molar-refractivity contribution is 7.21. The largest absolute Gasteiger partial charge is 0.416 e. The van der Waals surface area contributed by atoms with E-state index in [-0.39, 0.29) is 16.1 Å². The van der Waals surface area contributed by atoms with Crippen molar-refractivity contribution in [1.29, 1.82) is 0 Å². The Bertz CT molecular complexity index is 2680. The summed E-state index contributed by atoms with van der Waals surface area (Å²) in [5.41, 5.74) is 3.44. The molecule has 8 aromatic rings. The Labute approximate surface area is 284 Å². The SMILES string of the molecule is Cc1ccc(N(c2ccc(C)cc2)c2sc(-c3ccc(N=c4c(=O)c(=O)c5cc(C(F)(F)F)ccc45)c4nsnc34)c3ccccc23)cc1. The maximum Gasteiger partial charge on any atom is 0.416 e. The first kappa shape index (κ1) is 30.8. The molecule has 49 heavy (non-hydrogen) atoms. The van der Waals surface area contributed by atoms with E-state index in [0.717, 1.165) is 72.6 Å². The van der Waals surface area contributed by atoms with E-state index in [4.69, 9.17) is 0 Å². The van der Waals surface area contributed by atoms with Gasteiger partial charge in [-0.2, -0.15) is 21.9 Å². The predicted molar refractivity (Wildman–Crippen MR) is 191 cm³/mol. The number of thiophene rings is 1. The lowest BCUT2D eigenvalue weighted by molar-refractivity contribution is -0.137. The molecule has 6 aromatic carbocycles. The van der Waals surface area contributed by atoms with Crippen LogP contribution in [0.2, 0.25) is 0 Å². The van der Waals surface area contributed by atoms with Gasteiger partial charge in [0, 0.05) is 43.4 Å². The van der Waals surface area contributed by atoms with E-state index >= 15 is 0 Å². The van der Waals surface area contributed by atoms with Crippen LogP contribution in [-0.4, -0.2) is 8.75 Å². The molecule has 0 aliphatic heterocycles. The maximum absolute atomic E-state index is 13.3. The minimum Gasteiger partial charge on any atom is -0.301 e. The monoisotopic (exact) mass is 688 g/mol. The zero-order chi connectivity index (χ0) is 34.0. The molecule has 0 N–H and O–H groups in total. The molecule has 0 fully saturated rings. The fourth-order valence-corrected chi connectivity index (χ4v) is 7.95. The van der Waals surface area contributed by atoms with Gasteiger partial charge in [0.1, 0.15) is 21.4 Å². The topological polar surface area (TPSA) is 75.5 Å². The third kappa shape index (κ3) is 5.22. The molecule has 0 amide bonds. The van der Waals surface area contributed by atoms with Crippen LogP contribution in [0.1, 0.15) is 16.7 Å². The summed E-state index contributed by atoms with van der Waals surface area (Å²) in [6.45, 7) is 4.12. The van der Waals surface area contributed by atoms with Crippen molar-refractivity contribution in [2.24, 2.45) is 4.99 Å². The number of halogens is 3. The zero-order valence-corrected chi connectivity index (χ0v) is 27.5. The number of benzene rings is 5. The van der Waals surface area contributed by atoms with Crippen molar-refractivity contribution >= 4 is 77.7 Å². The first-order valence-corrected chi connectivity index (χ1v) is 16.7. The summed E-state index contributed by atoms with van der Waals surface area (Å²) in [5.74, 6) is 0. The number of hydrogen-bond acceptors (Lipinski definition) is 8. The van der Waals surface area contributed by atoms with E-state index in [2.05, 4.69) is 93.2 Å². The van der Waals surface area contributed by atoms with Gasteiger partial charge in [-0.25, -0.2) is 4.99 Å². The van der Waals surface area contributed by atoms with Gasteiger partial charge < -0.3 is 4.90 Å². The van der Waals surface area contributed by atoms with Crippen LogP contribution in [0.3, 0.4) is 0 Å². The van der Waals surface area contributed by atoms with E-state index in [1.807, 2.05) is 18.2 Å². The van der Waals surface area contributed by atoms with E-state index in [9.17, 15) is 22.8 Å². The first-order valence-electron chi connectivity index (χ1n) is 15.2. The van der Waals surface area contributed by atoms with Crippen LogP contribution in [0, 0.1) is 13.8 Å². The molecule has 0 spiro atoms. The number of aryl methyl sites for hydroxylation is 2. The van der Waals surface area contributed by atoms with E-state index in [1.54, 1.807) is 17.4 Å². The number of alkyl halides is 3. The molecular formula is C38H23F3N4O2S2. The zero-order valence-electron chi connectivity index (χ0n) is 25.9. The molecule has 0 unspecified atom stereocenters. The summed E-state index contributed by atoms with van der Waals surface area (Å²) in [7, 11) is 0. The standard InChI is InChI=1S/C38H23F3N4O2S2/c1-20-7-12-23(13-8-20)45(24-14-9-21(2)10-15-24)37-27-6-4-3-5-26(27)36(48-37)28-17-18-30(33-31(28)43-49-44-33)42-32-25-16-11-22(38(39,40)41)19-29(25)34(46)35(32)47/h3-19H,1-2H3. The highest BCUT2D eigenvalue weighted by atomic mass is 32.1.